The summed E-state index contributed by atoms with van der Waals surface area (Å²) < 4.78 is 16.4. The van der Waals surface area contributed by atoms with Gasteiger partial charge in [-0.25, -0.2) is 9.37 Å². The molecule has 3 rings (SSSR count). The molecule has 1 aromatic heterocycles. The predicted molar refractivity (Wildman–Crippen MR) is 82.9 cm³/mol. The van der Waals surface area contributed by atoms with Crippen LogP contribution in [0.25, 0.3) is 22.4 Å². The van der Waals surface area contributed by atoms with Crippen LogP contribution in [-0.2, 0) is 6.54 Å². The summed E-state index contributed by atoms with van der Waals surface area (Å²) in [5, 5.41) is 0. The zero-order valence-corrected chi connectivity index (χ0v) is 12.5. The second-order valence-electron chi connectivity index (χ2n) is 4.55. The molecule has 0 unspecified atom stereocenters. The molecular weight excluding hydrogens is 321 g/mol. The third kappa shape index (κ3) is 2.08. The van der Waals surface area contributed by atoms with Gasteiger partial charge in [0.1, 0.15) is 11.6 Å². The van der Waals surface area contributed by atoms with Crippen LogP contribution in [0.3, 0.4) is 0 Å². The SMILES string of the molecule is CCn1c(-c2ccc(F)c(N)c2)nc2cc(Br)ccc21. The Labute approximate surface area is 124 Å². The van der Waals surface area contributed by atoms with Gasteiger partial charge in [-0.1, -0.05) is 15.9 Å². The topological polar surface area (TPSA) is 43.8 Å². The molecule has 102 valence electrons. The van der Waals surface area contributed by atoms with Gasteiger partial charge in [0.05, 0.1) is 16.7 Å². The number of hydrogen-bond donors (Lipinski definition) is 1. The lowest BCUT2D eigenvalue weighted by Crippen LogP contribution is -1.98. The molecular formula is C15H13BrFN3. The van der Waals surface area contributed by atoms with Gasteiger partial charge >= 0.3 is 0 Å². The highest BCUT2D eigenvalue weighted by Crippen LogP contribution is 2.28. The third-order valence-electron chi connectivity index (χ3n) is 3.28. The van der Waals surface area contributed by atoms with Crippen molar-refractivity contribution in [3.8, 4) is 11.4 Å². The first-order valence-corrected chi connectivity index (χ1v) is 7.10. The van der Waals surface area contributed by atoms with Crippen LogP contribution in [0, 0.1) is 5.82 Å². The van der Waals surface area contributed by atoms with Gasteiger partial charge in [0, 0.05) is 16.6 Å². The molecule has 3 aromatic rings. The van der Waals surface area contributed by atoms with E-state index in [2.05, 4.69) is 32.4 Å². The Hall–Kier alpha value is -1.88. The third-order valence-corrected chi connectivity index (χ3v) is 3.77. The lowest BCUT2D eigenvalue weighted by atomic mass is 10.2. The van der Waals surface area contributed by atoms with E-state index in [0.717, 1.165) is 33.4 Å². The number of rotatable bonds is 2. The number of nitrogens with two attached hydrogens (primary N) is 1. The molecule has 0 radical (unpaired) electrons. The number of nitrogen functional groups attached to an aromatic ring is 1. The average molecular weight is 334 g/mol. The number of benzene rings is 2. The molecule has 0 fully saturated rings. The van der Waals surface area contributed by atoms with Gasteiger partial charge in [-0.2, -0.15) is 0 Å². The number of nitrogens with zero attached hydrogens (tertiary/aromatic N) is 2. The summed E-state index contributed by atoms with van der Waals surface area (Å²) in [6.45, 7) is 2.84. The van der Waals surface area contributed by atoms with Crippen molar-refractivity contribution in [1.29, 1.82) is 0 Å². The number of fused-ring (bicyclic) bond motifs is 1. The van der Waals surface area contributed by atoms with Crippen LogP contribution in [0.4, 0.5) is 10.1 Å². The molecule has 3 nitrogen and oxygen atoms in total. The number of aromatic nitrogens is 2. The maximum absolute atomic E-state index is 13.3. The zero-order chi connectivity index (χ0) is 14.3. The van der Waals surface area contributed by atoms with Gasteiger partial charge in [0.15, 0.2) is 0 Å². The van der Waals surface area contributed by atoms with Gasteiger partial charge in [0.2, 0.25) is 0 Å². The predicted octanol–water partition coefficient (Wildman–Crippen LogP) is 4.21. The average Bonchev–Trinajstić information content (AvgIpc) is 2.79. The minimum Gasteiger partial charge on any atom is -0.396 e. The second-order valence-corrected chi connectivity index (χ2v) is 5.46. The molecule has 20 heavy (non-hydrogen) atoms. The van der Waals surface area contributed by atoms with Gasteiger partial charge < -0.3 is 10.3 Å². The quantitative estimate of drug-likeness (QED) is 0.714. The normalized spacial score (nSPS) is 11.2. The van der Waals surface area contributed by atoms with Crippen molar-refractivity contribution in [3.05, 3.63) is 46.7 Å². The molecule has 0 atom stereocenters. The number of hydrogen-bond acceptors (Lipinski definition) is 2. The van der Waals surface area contributed by atoms with Gasteiger partial charge in [-0.05, 0) is 43.3 Å². The lowest BCUT2D eigenvalue weighted by Gasteiger charge is -2.07. The number of imidazole rings is 1. The van der Waals surface area contributed by atoms with E-state index in [-0.39, 0.29) is 5.69 Å². The van der Waals surface area contributed by atoms with Crippen molar-refractivity contribution in [2.75, 3.05) is 5.73 Å². The fourth-order valence-electron chi connectivity index (χ4n) is 2.33. The van der Waals surface area contributed by atoms with Crippen LogP contribution in [0.2, 0.25) is 0 Å². The van der Waals surface area contributed by atoms with E-state index in [1.807, 2.05) is 18.2 Å². The summed E-state index contributed by atoms with van der Waals surface area (Å²) in [5.74, 6) is 0.392. The van der Waals surface area contributed by atoms with E-state index in [0.29, 0.717) is 0 Å². The van der Waals surface area contributed by atoms with Crippen molar-refractivity contribution in [2.45, 2.75) is 13.5 Å². The summed E-state index contributed by atoms with van der Waals surface area (Å²) in [6, 6.07) is 10.7. The summed E-state index contributed by atoms with van der Waals surface area (Å²) in [6.07, 6.45) is 0. The Bertz CT molecular complexity index is 795. The van der Waals surface area contributed by atoms with E-state index >= 15 is 0 Å². The standard InChI is InChI=1S/C15H13BrFN3/c1-2-20-14-6-4-10(16)8-13(14)19-15(20)9-3-5-11(17)12(18)7-9/h3-8H,2,18H2,1H3. The van der Waals surface area contributed by atoms with Crippen molar-refractivity contribution in [3.63, 3.8) is 0 Å². The molecule has 5 heteroatoms. The van der Waals surface area contributed by atoms with Crippen LogP contribution >= 0.6 is 15.9 Å². The van der Waals surface area contributed by atoms with Crippen molar-refractivity contribution < 1.29 is 4.39 Å². The lowest BCUT2D eigenvalue weighted by molar-refractivity contribution is 0.632. The van der Waals surface area contributed by atoms with Crippen LogP contribution in [0.1, 0.15) is 6.92 Å². The number of halogens is 2. The zero-order valence-electron chi connectivity index (χ0n) is 10.9. The second kappa shape index (κ2) is 4.90. The summed E-state index contributed by atoms with van der Waals surface area (Å²) >= 11 is 3.45. The summed E-state index contributed by atoms with van der Waals surface area (Å²) in [4.78, 5) is 4.64. The first-order chi connectivity index (χ1) is 9.60. The molecule has 2 N–H and O–H groups in total. The highest BCUT2D eigenvalue weighted by Gasteiger charge is 2.12. The van der Waals surface area contributed by atoms with Crippen molar-refractivity contribution >= 4 is 32.7 Å². The van der Waals surface area contributed by atoms with E-state index in [1.165, 1.54) is 6.07 Å². The Balaban J connectivity index is 2.26. The minimum atomic E-state index is -0.407. The molecule has 0 saturated heterocycles. The van der Waals surface area contributed by atoms with E-state index < -0.39 is 5.82 Å². The summed E-state index contributed by atoms with van der Waals surface area (Å²) in [7, 11) is 0. The minimum absolute atomic E-state index is 0.137. The van der Waals surface area contributed by atoms with Crippen molar-refractivity contribution in [1.82, 2.24) is 9.55 Å². The number of anilines is 1. The Morgan fingerprint density at radius 3 is 2.75 bits per heavy atom. The first-order valence-electron chi connectivity index (χ1n) is 6.31. The van der Waals surface area contributed by atoms with E-state index in [9.17, 15) is 4.39 Å². The Morgan fingerprint density at radius 1 is 1.25 bits per heavy atom. The monoisotopic (exact) mass is 333 g/mol. The first kappa shape index (κ1) is 13.1. The molecule has 0 saturated carbocycles. The summed E-state index contributed by atoms with van der Waals surface area (Å²) in [5.41, 5.74) is 8.55. The van der Waals surface area contributed by atoms with Gasteiger partial charge in [-0.15, -0.1) is 0 Å². The van der Waals surface area contributed by atoms with Gasteiger partial charge in [-0.3, -0.25) is 0 Å². The van der Waals surface area contributed by atoms with Crippen LogP contribution in [0.5, 0.6) is 0 Å². The molecule has 1 heterocycles. The number of aryl methyl sites for hydroxylation is 1. The van der Waals surface area contributed by atoms with E-state index in [4.69, 9.17) is 5.73 Å². The fourth-order valence-corrected chi connectivity index (χ4v) is 2.68. The van der Waals surface area contributed by atoms with Crippen molar-refractivity contribution in [2.24, 2.45) is 0 Å². The Kier molecular flexibility index (Phi) is 3.22. The maximum Gasteiger partial charge on any atom is 0.146 e. The fraction of sp³-hybridized carbons (Fsp3) is 0.133. The van der Waals surface area contributed by atoms with Gasteiger partial charge in [0.25, 0.3) is 0 Å². The molecule has 2 aromatic carbocycles. The molecule has 0 amide bonds. The Morgan fingerprint density at radius 2 is 2.05 bits per heavy atom. The molecule has 0 bridgehead atoms. The van der Waals surface area contributed by atoms with Crippen LogP contribution in [0.15, 0.2) is 40.9 Å². The highest BCUT2D eigenvalue weighted by molar-refractivity contribution is 9.10. The van der Waals surface area contributed by atoms with Crippen LogP contribution in [-0.4, -0.2) is 9.55 Å². The maximum atomic E-state index is 13.3. The largest absolute Gasteiger partial charge is 0.396 e. The molecule has 0 aliphatic heterocycles. The highest BCUT2D eigenvalue weighted by atomic mass is 79.9. The molecule has 0 aliphatic rings. The van der Waals surface area contributed by atoms with E-state index in [1.54, 1.807) is 12.1 Å². The van der Waals surface area contributed by atoms with Crippen LogP contribution < -0.4 is 5.73 Å². The smallest absolute Gasteiger partial charge is 0.146 e. The molecule has 0 aliphatic carbocycles. The molecule has 0 spiro atoms.